The molecule has 136 valence electrons. The van der Waals surface area contributed by atoms with Crippen LogP contribution in [0.15, 0.2) is 53.8 Å². The molecule has 1 aliphatic heterocycles. The number of aliphatic hydroxyl groups is 1. The van der Waals surface area contributed by atoms with Gasteiger partial charge in [0.25, 0.3) is 5.91 Å². The van der Waals surface area contributed by atoms with E-state index in [9.17, 15) is 14.7 Å². The summed E-state index contributed by atoms with van der Waals surface area (Å²) in [6.45, 7) is 2.83. The zero-order valence-electron chi connectivity index (χ0n) is 15.4. The Hall–Kier alpha value is -2.66. The number of benzene rings is 2. The molecule has 0 radical (unpaired) electrons. The molecule has 1 aliphatic rings. The van der Waals surface area contributed by atoms with Crippen molar-refractivity contribution in [3.8, 4) is 0 Å². The van der Waals surface area contributed by atoms with Gasteiger partial charge in [0.2, 0.25) is 0 Å². The molecule has 0 saturated carbocycles. The Morgan fingerprint density at radius 1 is 1.15 bits per heavy atom. The third-order valence-corrected chi connectivity index (χ3v) is 4.83. The highest BCUT2D eigenvalue weighted by Crippen LogP contribution is 2.40. The fraction of sp³-hybridized carbons (Fsp3) is 0.333. The standard InChI is InChI=1S/C21H24N2O3/c1-4-17(24)18-19(23(13-12-22(2)3)21(26)20(18)25)16-11-7-9-14-8-5-6-10-15(14)16/h5-11,19,25H,4,12-13H2,1-3H3. The molecule has 0 aromatic heterocycles. The number of likely N-dealkylation sites (N-methyl/N-ethyl adjacent to an activating group) is 1. The third kappa shape index (κ3) is 3.10. The van der Waals surface area contributed by atoms with E-state index in [1.165, 1.54) is 0 Å². The van der Waals surface area contributed by atoms with Crippen molar-refractivity contribution in [2.75, 3.05) is 27.2 Å². The van der Waals surface area contributed by atoms with Crippen molar-refractivity contribution in [3.05, 3.63) is 59.4 Å². The van der Waals surface area contributed by atoms with Gasteiger partial charge in [0.15, 0.2) is 11.5 Å². The summed E-state index contributed by atoms with van der Waals surface area (Å²) in [4.78, 5) is 28.9. The van der Waals surface area contributed by atoms with Crippen LogP contribution in [0.4, 0.5) is 0 Å². The molecule has 0 saturated heterocycles. The van der Waals surface area contributed by atoms with Crippen molar-refractivity contribution in [1.29, 1.82) is 0 Å². The van der Waals surface area contributed by atoms with Crippen LogP contribution in [0.1, 0.15) is 24.9 Å². The highest BCUT2D eigenvalue weighted by Gasteiger charge is 2.43. The van der Waals surface area contributed by atoms with E-state index in [1.807, 2.05) is 61.5 Å². The summed E-state index contributed by atoms with van der Waals surface area (Å²) in [5.41, 5.74) is 1.09. The summed E-state index contributed by atoms with van der Waals surface area (Å²) < 4.78 is 0. The number of hydrogen-bond acceptors (Lipinski definition) is 4. The minimum atomic E-state index is -0.555. The Morgan fingerprint density at radius 3 is 2.54 bits per heavy atom. The fourth-order valence-corrected chi connectivity index (χ4v) is 3.48. The van der Waals surface area contributed by atoms with Crippen molar-refractivity contribution in [2.24, 2.45) is 0 Å². The Morgan fingerprint density at radius 2 is 1.85 bits per heavy atom. The SMILES string of the molecule is CCC(=O)C1=C(O)C(=O)N(CCN(C)C)C1c1cccc2ccccc12. The molecule has 5 nitrogen and oxygen atoms in total. The summed E-state index contributed by atoms with van der Waals surface area (Å²) in [6.07, 6.45) is 0.245. The number of fused-ring (bicyclic) bond motifs is 1. The van der Waals surface area contributed by atoms with Crippen LogP contribution in [0.5, 0.6) is 0 Å². The van der Waals surface area contributed by atoms with E-state index in [0.717, 1.165) is 16.3 Å². The van der Waals surface area contributed by atoms with E-state index >= 15 is 0 Å². The summed E-state index contributed by atoms with van der Waals surface area (Å²) in [5.74, 6) is -1.07. The third-order valence-electron chi connectivity index (χ3n) is 4.83. The van der Waals surface area contributed by atoms with Gasteiger partial charge in [0, 0.05) is 19.5 Å². The number of carbonyl (C=O) groups is 2. The van der Waals surface area contributed by atoms with Crippen LogP contribution >= 0.6 is 0 Å². The normalized spacial score (nSPS) is 17.6. The molecule has 26 heavy (non-hydrogen) atoms. The fourth-order valence-electron chi connectivity index (χ4n) is 3.48. The Labute approximate surface area is 153 Å². The number of Topliss-reactive ketones (excluding diaryl/α,β-unsaturated/α-hetero) is 1. The van der Waals surface area contributed by atoms with Gasteiger partial charge in [0.1, 0.15) is 0 Å². The molecular weight excluding hydrogens is 328 g/mol. The first kappa shape index (κ1) is 18.1. The lowest BCUT2D eigenvalue weighted by atomic mass is 9.91. The lowest BCUT2D eigenvalue weighted by Gasteiger charge is -2.28. The summed E-state index contributed by atoms with van der Waals surface area (Å²) in [7, 11) is 3.86. The van der Waals surface area contributed by atoms with Crippen LogP contribution < -0.4 is 0 Å². The van der Waals surface area contributed by atoms with Gasteiger partial charge in [-0.25, -0.2) is 0 Å². The minimum absolute atomic E-state index is 0.193. The number of amides is 1. The Balaban J connectivity index is 2.16. The van der Waals surface area contributed by atoms with Crippen molar-refractivity contribution in [2.45, 2.75) is 19.4 Å². The average molecular weight is 352 g/mol. The zero-order chi connectivity index (χ0) is 18.8. The number of ketones is 1. The number of rotatable bonds is 6. The van der Waals surface area contributed by atoms with E-state index in [0.29, 0.717) is 13.1 Å². The molecule has 0 fully saturated rings. The first-order valence-electron chi connectivity index (χ1n) is 8.85. The second kappa shape index (κ2) is 7.30. The van der Waals surface area contributed by atoms with E-state index in [1.54, 1.807) is 11.8 Å². The van der Waals surface area contributed by atoms with Gasteiger partial charge in [-0.05, 0) is 30.4 Å². The van der Waals surface area contributed by atoms with Crippen LogP contribution in [-0.2, 0) is 9.59 Å². The van der Waals surface area contributed by atoms with E-state index in [-0.39, 0.29) is 17.8 Å². The Kier molecular flexibility index (Phi) is 5.09. The quantitative estimate of drug-likeness (QED) is 0.868. The maximum atomic E-state index is 12.7. The maximum absolute atomic E-state index is 12.7. The molecule has 1 heterocycles. The minimum Gasteiger partial charge on any atom is -0.503 e. The van der Waals surface area contributed by atoms with Gasteiger partial charge in [-0.1, -0.05) is 49.4 Å². The molecule has 1 atom stereocenters. The smallest absolute Gasteiger partial charge is 0.290 e. The molecular formula is C21H24N2O3. The zero-order valence-corrected chi connectivity index (χ0v) is 15.4. The highest BCUT2D eigenvalue weighted by atomic mass is 16.3. The maximum Gasteiger partial charge on any atom is 0.290 e. The van der Waals surface area contributed by atoms with E-state index < -0.39 is 17.7 Å². The van der Waals surface area contributed by atoms with Gasteiger partial charge in [0.05, 0.1) is 11.6 Å². The van der Waals surface area contributed by atoms with Crippen molar-refractivity contribution >= 4 is 22.5 Å². The van der Waals surface area contributed by atoms with Crippen LogP contribution in [0.2, 0.25) is 0 Å². The molecule has 3 rings (SSSR count). The van der Waals surface area contributed by atoms with Crippen molar-refractivity contribution in [3.63, 3.8) is 0 Å². The van der Waals surface area contributed by atoms with Crippen LogP contribution in [0.3, 0.4) is 0 Å². The molecule has 1 N–H and O–H groups in total. The number of nitrogens with zero attached hydrogens (tertiary/aromatic N) is 2. The van der Waals surface area contributed by atoms with Gasteiger partial charge in [-0.15, -0.1) is 0 Å². The highest BCUT2D eigenvalue weighted by molar-refractivity contribution is 6.09. The van der Waals surface area contributed by atoms with Gasteiger partial charge in [-0.2, -0.15) is 0 Å². The molecule has 0 spiro atoms. The molecule has 1 amide bonds. The van der Waals surface area contributed by atoms with E-state index in [4.69, 9.17) is 0 Å². The largest absolute Gasteiger partial charge is 0.503 e. The lowest BCUT2D eigenvalue weighted by molar-refractivity contribution is -0.129. The van der Waals surface area contributed by atoms with Crippen molar-refractivity contribution in [1.82, 2.24) is 9.80 Å². The number of hydrogen-bond donors (Lipinski definition) is 1. The summed E-state index contributed by atoms with van der Waals surface area (Å²) in [5, 5.41) is 12.5. The molecule has 0 aliphatic carbocycles. The second-order valence-electron chi connectivity index (χ2n) is 6.81. The monoisotopic (exact) mass is 352 g/mol. The molecule has 2 aromatic rings. The van der Waals surface area contributed by atoms with Crippen LogP contribution in [-0.4, -0.2) is 53.8 Å². The van der Waals surface area contributed by atoms with Crippen molar-refractivity contribution < 1.29 is 14.7 Å². The first-order valence-corrected chi connectivity index (χ1v) is 8.85. The number of carbonyl (C=O) groups excluding carboxylic acids is 2. The van der Waals surface area contributed by atoms with Gasteiger partial charge < -0.3 is 14.9 Å². The topological polar surface area (TPSA) is 60.9 Å². The summed E-state index contributed by atoms with van der Waals surface area (Å²) in [6, 6.07) is 13.2. The first-order chi connectivity index (χ1) is 12.5. The summed E-state index contributed by atoms with van der Waals surface area (Å²) >= 11 is 0. The predicted molar refractivity (Wildman–Crippen MR) is 102 cm³/mol. The predicted octanol–water partition coefficient (Wildman–Crippen LogP) is 3.08. The molecule has 0 bridgehead atoms. The molecule has 1 unspecified atom stereocenters. The van der Waals surface area contributed by atoms with Gasteiger partial charge in [-0.3, -0.25) is 9.59 Å². The van der Waals surface area contributed by atoms with Crippen LogP contribution in [0, 0.1) is 0 Å². The van der Waals surface area contributed by atoms with Crippen LogP contribution in [0.25, 0.3) is 10.8 Å². The average Bonchev–Trinajstić information content (AvgIpc) is 2.89. The number of aliphatic hydroxyl groups excluding tert-OH is 1. The lowest BCUT2D eigenvalue weighted by Crippen LogP contribution is -2.36. The van der Waals surface area contributed by atoms with E-state index in [2.05, 4.69) is 0 Å². The Bertz CT molecular complexity index is 880. The molecule has 5 heteroatoms. The second-order valence-corrected chi connectivity index (χ2v) is 6.81. The van der Waals surface area contributed by atoms with Gasteiger partial charge >= 0.3 is 0 Å². The molecule has 2 aromatic carbocycles.